The van der Waals surface area contributed by atoms with Crippen LogP contribution >= 0.6 is 0 Å². The SMILES string of the molecule is O=C(Nc1cccc(-c2ncc3ccccc3n2)c1)c1ccc(N2CCNS2(=O)=O)cc1. The summed E-state index contributed by atoms with van der Waals surface area (Å²) in [6.07, 6.45) is 1.78. The molecule has 1 amide bonds. The highest BCUT2D eigenvalue weighted by Gasteiger charge is 2.27. The molecule has 2 heterocycles. The number of anilines is 2. The number of carbonyl (C=O) groups is 1. The number of carbonyl (C=O) groups excluding carboxylic acids is 1. The van der Waals surface area contributed by atoms with Crippen molar-refractivity contribution in [2.24, 2.45) is 0 Å². The minimum Gasteiger partial charge on any atom is -0.322 e. The van der Waals surface area contributed by atoms with Gasteiger partial charge < -0.3 is 5.32 Å². The molecule has 0 atom stereocenters. The molecule has 8 nitrogen and oxygen atoms in total. The molecule has 0 unspecified atom stereocenters. The van der Waals surface area contributed by atoms with Gasteiger partial charge in [-0.25, -0.2) is 9.97 Å². The zero-order valence-electron chi connectivity index (χ0n) is 16.9. The van der Waals surface area contributed by atoms with Gasteiger partial charge in [0.15, 0.2) is 5.82 Å². The van der Waals surface area contributed by atoms with Gasteiger partial charge in [-0.05, 0) is 42.5 Å². The Labute approximate surface area is 185 Å². The van der Waals surface area contributed by atoms with E-state index in [2.05, 4.69) is 20.0 Å². The number of hydrogen-bond acceptors (Lipinski definition) is 5. The Balaban J connectivity index is 1.34. The van der Waals surface area contributed by atoms with E-state index in [-0.39, 0.29) is 5.91 Å². The van der Waals surface area contributed by atoms with Crippen molar-refractivity contribution in [3.05, 3.63) is 84.6 Å². The Morgan fingerprint density at radius 2 is 1.81 bits per heavy atom. The van der Waals surface area contributed by atoms with Gasteiger partial charge in [0.25, 0.3) is 5.91 Å². The first kappa shape index (κ1) is 20.1. The van der Waals surface area contributed by atoms with Crippen LogP contribution in [0.2, 0.25) is 0 Å². The minimum atomic E-state index is -3.50. The van der Waals surface area contributed by atoms with Crippen molar-refractivity contribution in [1.82, 2.24) is 14.7 Å². The molecule has 1 saturated heterocycles. The number of benzene rings is 3. The summed E-state index contributed by atoms with van der Waals surface area (Å²) in [5.41, 5.74) is 3.19. The number of nitrogens with zero attached hydrogens (tertiary/aromatic N) is 3. The molecule has 0 saturated carbocycles. The number of nitrogens with one attached hydrogen (secondary N) is 2. The number of hydrogen-bond donors (Lipinski definition) is 2. The lowest BCUT2D eigenvalue weighted by Crippen LogP contribution is -2.29. The molecule has 0 radical (unpaired) electrons. The van der Waals surface area contributed by atoms with Crippen molar-refractivity contribution in [2.75, 3.05) is 22.7 Å². The van der Waals surface area contributed by atoms with Crippen molar-refractivity contribution < 1.29 is 13.2 Å². The van der Waals surface area contributed by atoms with E-state index in [1.54, 1.807) is 36.5 Å². The second-order valence-corrected chi connectivity index (χ2v) is 8.99. The molecule has 160 valence electrons. The van der Waals surface area contributed by atoms with Gasteiger partial charge in [0.2, 0.25) is 0 Å². The summed E-state index contributed by atoms with van der Waals surface area (Å²) in [5, 5.41) is 3.83. The summed E-state index contributed by atoms with van der Waals surface area (Å²) < 4.78 is 27.7. The van der Waals surface area contributed by atoms with Crippen LogP contribution in [0, 0.1) is 0 Å². The van der Waals surface area contributed by atoms with E-state index < -0.39 is 10.2 Å². The van der Waals surface area contributed by atoms with E-state index in [0.717, 1.165) is 16.5 Å². The fraction of sp³-hybridized carbons (Fsp3) is 0.0870. The lowest BCUT2D eigenvalue weighted by molar-refractivity contribution is 0.102. The zero-order chi connectivity index (χ0) is 22.1. The predicted molar refractivity (Wildman–Crippen MR) is 124 cm³/mol. The van der Waals surface area contributed by atoms with E-state index in [1.165, 1.54) is 4.31 Å². The van der Waals surface area contributed by atoms with Crippen LogP contribution < -0.4 is 14.3 Å². The third-order valence-corrected chi connectivity index (χ3v) is 6.72. The normalized spacial score (nSPS) is 15.1. The average molecular weight is 446 g/mol. The first-order valence-corrected chi connectivity index (χ1v) is 11.4. The Kier molecular flexibility index (Phi) is 5.04. The Hall–Kier alpha value is -3.82. The van der Waals surface area contributed by atoms with Gasteiger partial charge in [-0.2, -0.15) is 13.1 Å². The third kappa shape index (κ3) is 3.91. The maximum atomic E-state index is 12.7. The van der Waals surface area contributed by atoms with E-state index in [0.29, 0.717) is 35.9 Å². The maximum absolute atomic E-state index is 12.7. The van der Waals surface area contributed by atoms with Crippen molar-refractivity contribution >= 4 is 38.4 Å². The second-order valence-electron chi connectivity index (χ2n) is 7.31. The quantitative estimate of drug-likeness (QED) is 0.502. The fourth-order valence-electron chi connectivity index (χ4n) is 3.57. The monoisotopic (exact) mass is 445 g/mol. The van der Waals surface area contributed by atoms with Gasteiger partial charge in [-0.1, -0.05) is 30.3 Å². The highest BCUT2D eigenvalue weighted by Crippen LogP contribution is 2.23. The second kappa shape index (κ2) is 8.03. The zero-order valence-corrected chi connectivity index (χ0v) is 17.7. The summed E-state index contributed by atoms with van der Waals surface area (Å²) in [6, 6.07) is 21.5. The molecule has 1 fully saturated rings. The predicted octanol–water partition coefficient (Wildman–Crippen LogP) is 3.20. The van der Waals surface area contributed by atoms with Crippen LogP contribution in [0.25, 0.3) is 22.3 Å². The summed E-state index contributed by atoms with van der Waals surface area (Å²) in [5.74, 6) is 0.278. The van der Waals surface area contributed by atoms with Crippen molar-refractivity contribution in [3.63, 3.8) is 0 Å². The molecule has 32 heavy (non-hydrogen) atoms. The van der Waals surface area contributed by atoms with Gasteiger partial charge in [0.05, 0.1) is 11.2 Å². The summed E-state index contributed by atoms with van der Waals surface area (Å²) in [6.45, 7) is 0.722. The molecule has 0 bridgehead atoms. The molecular formula is C23H19N5O3S. The van der Waals surface area contributed by atoms with Crippen LogP contribution in [0.4, 0.5) is 11.4 Å². The first-order valence-electron chi connectivity index (χ1n) is 10.0. The average Bonchev–Trinajstić information content (AvgIpc) is 3.18. The van der Waals surface area contributed by atoms with Gasteiger partial charge in [0.1, 0.15) is 0 Å². The standard InChI is InChI=1S/C23H19N5O3S/c29-23(16-8-10-20(11-9-16)28-13-12-25-32(28,30)31)26-19-6-3-5-17(14-19)22-24-15-18-4-1-2-7-21(18)27-22/h1-11,14-15,25H,12-13H2,(H,26,29). The Bertz CT molecular complexity index is 1420. The summed E-state index contributed by atoms with van der Waals surface area (Å²) in [4.78, 5) is 21.7. The molecular weight excluding hydrogens is 426 g/mol. The number of aromatic nitrogens is 2. The summed E-state index contributed by atoms with van der Waals surface area (Å²) in [7, 11) is -3.50. The molecule has 1 aromatic heterocycles. The van der Waals surface area contributed by atoms with E-state index >= 15 is 0 Å². The lowest BCUT2D eigenvalue weighted by Gasteiger charge is -2.16. The molecule has 0 aliphatic carbocycles. The molecule has 9 heteroatoms. The smallest absolute Gasteiger partial charge is 0.301 e. The minimum absolute atomic E-state index is 0.296. The topological polar surface area (TPSA) is 104 Å². The molecule has 0 spiro atoms. The van der Waals surface area contributed by atoms with Gasteiger partial charge in [-0.15, -0.1) is 0 Å². The number of fused-ring (bicyclic) bond motifs is 1. The molecule has 2 N–H and O–H groups in total. The summed E-state index contributed by atoms with van der Waals surface area (Å²) >= 11 is 0. The molecule has 4 aromatic rings. The van der Waals surface area contributed by atoms with Crippen LogP contribution in [-0.4, -0.2) is 37.4 Å². The van der Waals surface area contributed by atoms with Crippen molar-refractivity contribution in [1.29, 1.82) is 0 Å². The van der Waals surface area contributed by atoms with Crippen LogP contribution in [0.3, 0.4) is 0 Å². The van der Waals surface area contributed by atoms with Gasteiger partial charge in [-0.3, -0.25) is 9.10 Å². The fourth-order valence-corrected chi connectivity index (χ4v) is 4.81. The molecule has 3 aromatic carbocycles. The molecule has 1 aliphatic heterocycles. The number of amides is 1. The van der Waals surface area contributed by atoms with Crippen LogP contribution in [-0.2, 0) is 10.2 Å². The van der Waals surface area contributed by atoms with E-state index in [1.807, 2.05) is 42.5 Å². The highest BCUT2D eigenvalue weighted by molar-refractivity contribution is 7.91. The number of rotatable bonds is 4. The maximum Gasteiger partial charge on any atom is 0.301 e. The van der Waals surface area contributed by atoms with E-state index in [9.17, 15) is 13.2 Å². The number of para-hydroxylation sites is 1. The largest absolute Gasteiger partial charge is 0.322 e. The Morgan fingerprint density at radius 3 is 2.59 bits per heavy atom. The molecule has 5 rings (SSSR count). The van der Waals surface area contributed by atoms with Gasteiger partial charge >= 0.3 is 10.2 Å². The van der Waals surface area contributed by atoms with Crippen LogP contribution in [0.15, 0.2) is 79.0 Å². The highest BCUT2D eigenvalue weighted by atomic mass is 32.2. The molecule has 1 aliphatic rings. The van der Waals surface area contributed by atoms with Gasteiger partial charge in [0, 0.05) is 41.5 Å². The van der Waals surface area contributed by atoms with E-state index in [4.69, 9.17) is 0 Å². The first-order chi connectivity index (χ1) is 15.5. The third-order valence-electron chi connectivity index (χ3n) is 5.17. The van der Waals surface area contributed by atoms with Crippen LogP contribution in [0.1, 0.15) is 10.4 Å². The van der Waals surface area contributed by atoms with Crippen molar-refractivity contribution in [3.8, 4) is 11.4 Å². The lowest BCUT2D eigenvalue weighted by atomic mass is 10.1. The van der Waals surface area contributed by atoms with Crippen LogP contribution in [0.5, 0.6) is 0 Å². The van der Waals surface area contributed by atoms with Crippen molar-refractivity contribution in [2.45, 2.75) is 0 Å². The Morgan fingerprint density at radius 1 is 1.00 bits per heavy atom.